The zero-order chi connectivity index (χ0) is 18.4. The number of rotatable bonds is 7. The van der Waals surface area contributed by atoms with Crippen molar-refractivity contribution in [1.29, 1.82) is 0 Å². The highest BCUT2D eigenvalue weighted by molar-refractivity contribution is 7.99. The molecule has 1 saturated heterocycles. The van der Waals surface area contributed by atoms with Crippen molar-refractivity contribution in [3.05, 3.63) is 71.0 Å². The van der Waals surface area contributed by atoms with Gasteiger partial charge in [0.2, 0.25) is 0 Å². The predicted molar refractivity (Wildman–Crippen MR) is 107 cm³/mol. The summed E-state index contributed by atoms with van der Waals surface area (Å²) in [6.45, 7) is 2.87. The van der Waals surface area contributed by atoms with Crippen molar-refractivity contribution in [3.63, 3.8) is 0 Å². The Morgan fingerprint density at radius 1 is 1.12 bits per heavy atom. The minimum absolute atomic E-state index is 0.0132. The van der Waals surface area contributed by atoms with Crippen molar-refractivity contribution in [2.75, 3.05) is 12.3 Å². The molecule has 1 aliphatic rings. The summed E-state index contributed by atoms with van der Waals surface area (Å²) in [6, 6.07) is 14.7. The van der Waals surface area contributed by atoms with Crippen molar-refractivity contribution >= 4 is 17.7 Å². The summed E-state index contributed by atoms with van der Waals surface area (Å²) >= 11 is 1.62. The Morgan fingerprint density at radius 2 is 1.88 bits per heavy atom. The average molecular weight is 372 g/mol. The van der Waals surface area contributed by atoms with E-state index >= 15 is 0 Å². The highest BCUT2D eigenvalue weighted by Gasteiger charge is 2.32. The molecule has 0 unspecified atom stereocenters. The topological polar surface area (TPSA) is 20.3 Å². The summed E-state index contributed by atoms with van der Waals surface area (Å²) in [5.41, 5.74) is 2.56. The zero-order valence-corrected chi connectivity index (χ0v) is 16.1. The van der Waals surface area contributed by atoms with Crippen molar-refractivity contribution < 1.29 is 9.18 Å². The summed E-state index contributed by atoms with van der Waals surface area (Å²) in [7, 11) is 0. The van der Waals surface area contributed by atoms with E-state index < -0.39 is 0 Å². The Bertz CT molecular complexity index is 731. The highest BCUT2D eigenvalue weighted by atomic mass is 32.2. The van der Waals surface area contributed by atoms with Crippen LogP contribution in [0.2, 0.25) is 0 Å². The van der Waals surface area contributed by atoms with Gasteiger partial charge >= 0.3 is 0 Å². The lowest BCUT2D eigenvalue weighted by Gasteiger charge is -2.24. The summed E-state index contributed by atoms with van der Waals surface area (Å²) in [5, 5.41) is -0.238. The highest BCUT2D eigenvalue weighted by Crippen LogP contribution is 2.39. The number of aryl methyl sites for hydroxylation is 1. The third-order valence-electron chi connectivity index (χ3n) is 4.84. The largest absolute Gasteiger partial charge is 0.322 e. The van der Waals surface area contributed by atoms with Gasteiger partial charge in [-0.05, 0) is 36.6 Å². The zero-order valence-electron chi connectivity index (χ0n) is 15.3. The second-order valence-corrected chi connectivity index (χ2v) is 7.94. The first-order valence-corrected chi connectivity index (χ1v) is 10.5. The Labute approximate surface area is 159 Å². The van der Waals surface area contributed by atoms with E-state index in [9.17, 15) is 9.18 Å². The molecule has 1 amide bonds. The van der Waals surface area contributed by atoms with Crippen LogP contribution in [0.3, 0.4) is 0 Å². The van der Waals surface area contributed by atoms with E-state index in [-0.39, 0.29) is 17.1 Å². The molecule has 0 radical (unpaired) electrons. The molecule has 2 aromatic carbocycles. The van der Waals surface area contributed by atoms with Crippen LogP contribution in [0.25, 0.3) is 0 Å². The van der Waals surface area contributed by atoms with Gasteiger partial charge in [0.1, 0.15) is 11.2 Å². The normalized spacial score (nSPS) is 16.8. The number of unbranched alkanes of at least 4 members (excludes halogenated alkanes) is 3. The van der Waals surface area contributed by atoms with E-state index in [2.05, 4.69) is 19.1 Å². The van der Waals surface area contributed by atoms with Gasteiger partial charge < -0.3 is 4.90 Å². The Balaban J connectivity index is 1.67. The van der Waals surface area contributed by atoms with Crippen molar-refractivity contribution in [2.24, 2.45) is 0 Å². The maximum Gasteiger partial charge on any atom is 0.255 e. The van der Waals surface area contributed by atoms with Crippen LogP contribution in [0.1, 0.15) is 59.5 Å². The number of thioether (sulfide) groups is 1. The van der Waals surface area contributed by atoms with Crippen LogP contribution >= 0.6 is 11.8 Å². The summed E-state index contributed by atoms with van der Waals surface area (Å²) in [4.78, 5) is 14.7. The van der Waals surface area contributed by atoms with E-state index in [0.29, 0.717) is 17.7 Å². The number of nitrogens with zero attached hydrogens (tertiary/aromatic N) is 1. The molecule has 138 valence electrons. The summed E-state index contributed by atoms with van der Waals surface area (Å²) < 4.78 is 14.2. The Hall–Kier alpha value is -1.81. The van der Waals surface area contributed by atoms with E-state index in [1.165, 1.54) is 37.3 Å². The van der Waals surface area contributed by atoms with Gasteiger partial charge in [0.05, 0.1) is 0 Å². The molecule has 0 spiro atoms. The van der Waals surface area contributed by atoms with Crippen molar-refractivity contribution in [1.82, 2.24) is 4.90 Å². The number of carbonyl (C=O) groups excluding carboxylic acids is 1. The van der Waals surface area contributed by atoms with Gasteiger partial charge in [-0.1, -0.05) is 56.5 Å². The van der Waals surface area contributed by atoms with Crippen molar-refractivity contribution in [3.8, 4) is 0 Å². The first kappa shape index (κ1) is 19.0. The molecule has 0 aromatic heterocycles. The number of halogens is 1. The summed E-state index contributed by atoms with van der Waals surface area (Å²) in [5.74, 6) is 0.577. The van der Waals surface area contributed by atoms with Crippen LogP contribution < -0.4 is 0 Å². The molecule has 1 aliphatic heterocycles. The monoisotopic (exact) mass is 371 g/mol. The standard InChI is InChI=1S/C22H26FNOS/c1-2-3-4-5-8-17-11-13-18(14-12-17)21(25)24-15-16-26-22(24)19-9-6-7-10-20(19)23/h6-7,9-14,22H,2-5,8,15-16H2,1H3/t22-/m0/s1. The number of amides is 1. The molecule has 1 heterocycles. The fraction of sp³-hybridized carbons (Fsp3) is 0.409. The predicted octanol–water partition coefficient (Wildman–Crippen LogP) is 5.84. The van der Waals surface area contributed by atoms with Crippen LogP contribution in [0, 0.1) is 5.82 Å². The van der Waals surface area contributed by atoms with Crippen LogP contribution in [0.5, 0.6) is 0 Å². The third kappa shape index (κ3) is 4.47. The van der Waals surface area contributed by atoms with Gasteiger partial charge in [0, 0.05) is 23.4 Å². The van der Waals surface area contributed by atoms with Gasteiger partial charge in [-0.3, -0.25) is 4.79 Å². The number of hydrogen-bond acceptors (Lipinski definition) is 2. The van der Waals surface area contributed by atoms with E-state index in [4.69, 9.17) is 0 Å². The van der Waals surface area contributed by atoms with Gasteiger partial charge in [0.25, 0.3) is 5.91 Å². The number of carbonyl (C=O) groups is 1. The molecule has 3 rings (SSSR count). The van der Waals surface area contributed by atoms with Gasteiger partial charge in [-0.2, -0.15) is 0 Å². The van der Waals surface area contributed by atoms with E-state index in [1.807, 2.05) is 18.2 Å². The molecule has 26 heavy (non-hydrogen) atoms. The molecule has 0 aliphatic carbocycles. The molecular formula is C22H26FNOS. The maximum absolute atomic E-state index is 14.2. The lowest BCUT2D eigenvalue weighted by atomic mass is 10.0. The average Bonchev–Trinajstić information content (AvgIpc) is 3.15. The maximum atomic E-state index is 14.2. The minimum Gasteiger partial charge on any atom is -0.322 e. The van der Waals surface area contributed by atoms with Crippen molar-refractivity contribution in [2.45, 2.75) is 44.4 Å². The Morgan fingerprint density at radius 3 is 2.62 bits per heavy atom. The first-order chi connectivity index (χ1) is 12.7. The molecule has 0 N–H and O–H groups in total. The molecule has 1 fully saturated rings. The second-order valence-electron chi connectivity index (χ2n) is 6.75. The van der Waals surface area contributed by atoms with Crippen LogP contribution in [0.15, 0.2) is 48.5 Å². The van der Waals surface area contributed by atoms with Gasteiger partial charge in [-0.25, -0.2) is 4.39 Å². The fourth-order valence-electron chi connectivity index (χ4n) is 3.35. The van der Waals surface area contributed by atoms with Gasteiger partial charge in [-0.15, -0.1) is 11.8 Å². The molecule has 2 nitrogen and oxygen atoms in total. The van der Waals surface area contributed by atoms with Crippen LogP contribution in [-0.4, -0.2) is 23.1 Å². The fourth-order valence-corrected chi connectivity index (χ4v) is 4.62. The first-order valence-electron chi connectivity index (χ1n) is 9.46. The lowest BCUT2D eigenvalue weighted by Crippen LogP contribution is -2.30. The molecule has 0 saturated carbocycles. The second kappa shape index (κ2) is 9.22. The Kier molecular flexibility index (Phi) is 6.73. The molecule has 0 bridgehead atoms. The number of hydrogen-bond donors (Lipinski definition) is 0. The van der Waals surface area contributed by atoms with Crippen LogP contribution in [-0.2, 0) is 6.42 Å². The summed E-state index contributed by atoms with van der Waals surface area (Å²) in [6.07, 6.45) is 6.03. The van der Waals surface area contributed by atoms with Crippen LogP contribution in [0.4, 0.5) is 4.39 Å². The smallest absolute Gasteiger partial charge is 0.255 e. The van der Waals surface area contributed by atoms with E-state index in [0.717, 1.165) is 12.2 Å². The minimum atomic E-state index is -0.243. The molecular weight excluding hydrogens is 345 g/mol. The molecule has 4 heteroatoms. The number of benzene rings is 2. The van der Waals surface area contributed by atoms with Gasteiger partial charge in [0.15, 0.2) is 0 Å². The third-order valence-corrected chi connectivity index (χ3v) is 6.09. The quantitative estimate of drug-likeness (QED) is 0.570. The lowest BCUT2D eigenvalue weighted by molar-refractivity contribution is 0.0759. The SMILES string of the molecule is CCCCCCc1ccc(C(=O)N2CCS[C@H]2c2ccccc2F)cc1. The molecule has 2 aromatic rings. The molecule has 1 atom stereocenters. The van der Waals surface area contributed by atoms with E-state index in [1.54, 1.807) is 28.8 Å².